The third kappa shape index (κ3) is 71.0. The van der Waals surface area contributed by atoms with Crippen LogP contribution in [0.4, 0.5) is 0 Å². The lowest BCUT2D eigenvalue weighted by atomic mass is 10.0. The van der Waals surface area contributed by atoms with Gasteiger partial charge in [0.15, 0.2) is 6.10 Å². The zero-order chi connectivity index (χ0) is 64.1. The molecule has 2 atom stereocenters. The topological polar surface area (TPSA) is 111 Å². The van der Waals surface area contributed by atoms with Crippen LogP contribution in [0.3, 0.4) is 0 Å². The fourth-order valence-corrected chi connectivity index (χ4v) is 10.2. The molecule has 0 spiro atoms. The first-order valence-corrected chi connectivity index (χ1v) is 37.0. The average Bonchev–Trinajstić information content (AvgIpc) is 3.56. The molecule has 88 heavy (non-hydrogen) atoms. The van der Waals surface area contributed by atoms with E-state index in [0.29, 0.717) is 17.4 Å². The van der Waals surface area contributed by atoms with Crippen LogP contribution in [0.5, 0.6) is 0 Å². The van der Waals surface area contributed by atoms with Crippen molar-refractivity contribution in [2.24, 2.45) is 0 Å². The van der Waals surface area contributed by atoms with E-state index >= 15 is 0 Å². The summed E-state index contributed by atoms with van der Waals surface area (Å²) in [7, 11) is 1.15. The Balaban J connectivity index is 4.08. The molecule has 0 heterocycles. The quantitative estimate of drug-likeness (QED) is 0.0195. The van der Waals surface area contributed by atoms with Gasteiger partial charge in [0.1, 0.15) is 19.8 Å². The maximum atomic E-state index is 12.9. The van der Waals surface area contributed by atoms with Crippen LogP contribution in [-0.2, 0) is 32.7 Å². The van der Waals surface area contributed by atoms with E-state index in [9.17, 15) is 19.0 Å². The summed E-state index contributed by atoms with van der Waals surface area (Å²) in [6.07, 6.45) is 99.2. The van der Waals surface area contributed by atoms with Crippen molar-refractivity contribution in [2.45, 2.75) is 290 Å². The summed E-state index contributed by atoms with van der Waals surface area (Å²) in [6.45, 7) is 4.02. The monoisotopic (exact) mass is 1240 g/mol. The van der Waals surface area contributed by atoms with E-state index in [-0.39, 0.29) is 32.0 Å². The molecule has 0 N–H and O–H groups in total. The second kappa shape index (κ2) is 67.3. The fourth-order valence-electron chi connectivity index (χ4n) is 9.49. The molecule has 9 nitrogen and oxygen atoms in total. The molecule has 0 aromatic rings. The lowest BCUT2D eigenvalue weighted by molar-refractivity contribution is -0.870. The van der Waals surface area contributed by atoms with E-state index in [1.54, 1.807) is 0 Å². The maximum Gasteiger partial charge on any atom is 0.306 e. The largest absolute Gasteiger partial charge is 0.756 e. The second-order valence-corrected chi connectivity index (χ2v) is 25.9. The van der Waals surface area contributed by atoms with Crippen LogP contribution in [0.25, 0.3) is 0 Å². The van der Waals surface area contributed by atoms with E-state index in [4.69, 9.17) is 18.5 Å². The first-order valence-electron chi connectivity index (χ1n) is 35.5. The molecule has 0 aliphatic rings. The first-order chi connectivity index (χ1) is 43.0. The molecule has 0 radical (unpaired) electrons. The highest BCUT2D eigenvalue weighted by Gasteiger charge is 2.22. The minimum absolute atomic E-state index is 0.0372. The van der Waals surface area contributed by atoms with E-state index in [1.165, 1.54) is 128 Å². The van der Waals surface area contributed by atoms with Gasteiger partial charge in [-0.2, -0.15) is 0 Å². The zero-order valence-corrected chi connectivity index (χ0v) is 58.0. The molecule has 0 aliphatic carbocycles. The highest BCUT2D eigenvalue weighted by atomic mass is 31.2. The molecule has 0 aromatic carbocycles. The molecule has 502 valence electrons. The van der Waals surface area contributed by atoms with Crippen molar-refractivity contribution in [3.05, 3.63) is 146 Å². The number of carbonyl (C=O) groups excluding carboxylic acids is 2. The predicted molar refractivity (Wildman–Crippen MR) is 378 cm³/mol. The normalized spacial score (nSPS) is 14.0. The Kier molecular flexibility index (Phi) is 64.1. The summed E-state index contributed by atoms with van der Waals surface area (Å²) >= 11 is 0. The lowest BCUT2D eigenvalue weighted by Gasteiger charge is -2.28. The van der Waals surface area contributed by atoms with Crippen LogP contribution in [-0.4, -0.2) is 70.0 Å². The minimum Gasteiger partial charge on any atom is -0.756 e. The number of quaternary nitrogens is 1. The van der Waals surface area contributed by atoms with Crippen molar-refractivity contribution in [1.82, 2.24) is 0 Å². The Labute approximate surface area is 542 Å². The third-order valence-electron chi connectivity index (χ3n) is 14.9. The molecular weight excluding hydrogens is 1110 g/mol. The number of phosphoric ester groups is 1. The number of ether oxygens (including phenoxy) is 2. The van der Waals surface area contributed by atoms with E-state index < -0.39 is 26.5 Å². The van der Waals surface area contributed by atoms with E-state index in [0.717, 1.165) is 122 Å². The molecule has 0 aliphatic heterocycles. The number of unbranched alkanes of at least 4 members (excludes halogenated alkanes) is 26. The summed E-state index contributed by atoms with van der Waals surface area (Å²) in [5.74, 6) is -0.838. The number of rotatable bonds is 64. The Hall–Kier alpha value is -4.11. The number of esters is 2. The molecule has 0 rings (SSSR count). The second-order valence-electron chi connectivity index (χ2n) is 24.5. The van der Waals surface area contributed by atoms with Crippen LogP contribution in [0, 0.1) is 0 Å². The minimum atomic E-state index is -4.65. The van der Waals surface area contributed by atoms with Crippen molar-refractivity contribution in [2.75, 3.05) is 47.5 Å². The smallest absolute Gasteiger partial charge is 0.306 e. The van der Waals surface area contributed by atoms with Gasteiger partial charge in [0.25, 0.3) is 7.82 Å². The van der Waals surface area contributed by atoms with Gasteiger partial charge in [-0.05, 0) is 116 Å². The van der Waals surface area contributed by atoms with Gasteiger partial charge in [-0.3, -0.25) is 14.2 Å². The van der Waals surface area contributed by atoms with Crippen LogP contribution < -0.4 is 4.89 Å². The van der Waals surface area contributed by atoms with Gasteiger partial charge in [0.05, 0.1) is 27.7 Å². The highest BCUT2D eigenvalue weighted by Crippen LogP contribution is 2.38. The van der Waals surface area contributed by atoms with E-state index in [2.05, 4.69) is 160 Å². The summed E-state index contributed by atoms with van der Waals surface area (Å²) in [4.78, 5) is 38.1. The molecule has 0 bridgehead atoms. The Bertz CT molecular complexity index is 2000. The number of carbonyl (C=O) groups is 2. The fraction of sp³-hybridized carbons (Fsp3) is 0.667. The number of hydrogen-bond donors (Lipinski definition) is 0. The van der Waals surface area contributed by atoms with Gasteiger partial charge in [0, 0.05) is 12.8 Å². The van der Waals surface area contributed by atoms with Crippen LogP contribution in [0.1, 0.15) is 284 Å². The van der Waals surface area contributed by atoms with Crippen molar-refractivity contribution in [3.63, 3.8) is 0 Å². The van der Waals surface area contributed by atoms with Crippen molar-refractivity contribution >= 4 is 19.8 Å². The van der Waals surface area contributed by atoms with Crippen LogP contribution >= 0.6 is 7.82 Å². The lowest BCUT2D eigenvalue weighted by Crippen LogP contribution is -2.37. The molecule has 0 aromatic heterocycles. The molecule has 0 fully saturated rings. The molecule has 2 unspecified atom stereocenters. The zero-order valence-electron chi connectivity index (χ0n) is 57.1. The number of allylic oxidation sites excluding steroid dienone is 24. The summed E-state index contributed by atoms with van der Waals surface area (Å²) in [5.41, 5.74) is 0. The molecule has 0 saturated heterocycles. The van der Waals surface area contributed by atoms with Gasteiger partial charge < -0.3 is 27.9 Å². The molecule has 10 heteroatoms. The summed E-state index contributed by atoms with van der Waals surface area (Å²) in [6, 6.07) is 0. The van der Waals surface area contributed by atoms with Crippen molar-refractivity contribution in [1.29, 1.82) is 0 Å². The van der Waals surface area contributed by atoms with Gasteiger partial charge in [-0.15, -0.1) is 0 Å². The number of likely N-dealkylation sites (N-methyl/N-ethyl adjacent to an activating group) is 1. The standard InChI is InChI=1S/C78H132NO8P/c1-6-8-10-12-14-16-18-20-22-24-26-28-30-32-34-36-38-39-41-43-45-47-49-51-53-55-57-59-61-63-65-67-69-71-78(81)87-76(75-86-88(82,83)85-73-72-79(3,4)5)74-84-77(80)70-68-66-64-62-60-58-56-54-52-50-48-46-44-42-40-37-35-33-31-29-27-25-23-21-19-17-15-13-11-9-7-2/h8-11,14-17,20-23,26-29,32-35,38-39,43,45,76H,6-7,12-13,18-19,24-25,30-31,36-37,40-42,44,46-75H2,1-5H3/b10-8-,11-9-,16-14-,17-15-,22-20-,23-21-,28-26-,29-27-,34-32-,35-33-,39-38-,45-43-. The average molecular weight is 1240 g/mol. The van der Waals surface area contributed by atoms with Gasteiger partial charge in [-0.25, -0.2) is 0 Å². The van der Waals surface area contributed by atoms with Gasteiger partial charge >= 0.3 is 11.9 Å². The Morgan fingerprint density at radius 2 is 0.614 bits per heavy atom. The van der Waals surface area contributed by atoms with Crippen molar-refractivity contribution < 1.29 is 42.1 Å². The highest BCUT2D eigenvalue weighted by molar-refractivity contribution is 7.45. The SMILES string of the molecule is CC/C=C\C/C=C\C/C=C\C/C=C\C/C=C\C/C=C\C/C=C\CCCCCCCCCCCCCC(=O)OC(COC(=O)CCCCCCCCCCCCCCCCC/C=C\C/C=C\C/C=C\C/C=C\C/C=C\CC)COP(=O)([O-])OCC[N+](C)(C)C. The number of hydrogen-bond acceptors (Lipinski definition) is 8. The van der Waals surface area contributed by atoms with Crippen molar-refractivity contribution in [3.8, 4) is 0 Å². The van der Waals surface area contributed by atoms with Crippen LogP contribution in [0.15, 0.2) is 146 Å². The Morgan fingerprint density at radius 1 is 0.352 bits per heavy atom. The Morgan fingerprint density at radius 3 is 0.909 bits per heavy atom. The van der Waals surface area contributed by atoms with Gasteiger partial charge in [-0.1, -0.05) is 301 Å². The van der Waals surface area contributed by atoms with Crippen LogP contribution in [0.2, 0.25) is 0 Å². The predicted octanol–water partition coefficient (Wildman–Crippen LogP) is 22.7. The van der Waals surface area contributed by atoms with E-state index in [1.807, 2.05) is 21.1 Å². The third-order valence-corrected chi connectivity index (χ3v) is 15.8. The first kappa shape index (κ1) is 83.9. The maximum absolute atomic E-state index is 12.9. The van der Waals surface area contributed by atoms with Gasteiger partial charge in [0.2, 0.25) is 0 Å². The molecule has 0 amide bonds. The summed E-state index contributed by atoms with van der Waals surface area (Å²) in [5, 5.41) is 0. The number of phosphoric acid groups is 1. The molecular formula is C78H132NO8P. The molecule has 0 saturated carbocycles. The summed E-state index contributed by atoms with van der Waals surface area (Å²) < 4.78 is 34.3. The number of nitrogens with zero attached hydrogens (tertiary/aromatic N) is 1.